The third-order valence-corrected chi connectivity index (χ3v) is 4.50. The molecule has 0 atom stereocenters. The minimum atomic E-state index is 0.273. The van der Waals surface area contributed by atoms with E-state index in [1.165, 1.54) is 16.7 Å². The summed E-state index contributed by atoms with van der Waals surface area (Å²) in [5, 5.41) is 6.52. The van der Waals surface area contributed by atoms with E-state index in [0.717, 1.165) is 21.6 Å². The van der Waals surface area contributed by atoms with Gasteiger partial charge in [-0.2, -0.15) is 0 Å². The van der Waals surface area contributed by atoms with E-state index in [1.54, 1.807) is 11.3 Å². The normalized spacial score (nSPS) is 11.0. The molecule has 0 aliphatic heterocycles. The Morgan fingerprint density at radius 2 is 1.95 bits per heavy atom. The van der Waals surface area contributed by atoms with Crippen molar-refractivity contribution in [3.8, 4) is 11.1 Å². The van der Waals surface area contributed by atoms with Crippen molar-refractivity contribution in [2.45, 2.75) is 13.8 Å². The maximum Gasteiger partial charge on any atom is 0.225 e. The number of nitrogens with one attached hydrogen (secondary N) is 1. The van der Waals surface area contributed by atoms with Crippen molar-refractivity contribution in [3.05, 3.63) is 40.0 Å². The van der Waals surface area contributed by atoms with E-state index in [-0.39, 0.29) is 5.28 Å². The zero-order valence-electron chi connectivity index (χ0n) is 11.5. The maximum atomic E-state index is 5.95. The number of aromatic nitrogens is 2. The van der Waals surface area contributed by atoms with E-state index in [2.05, 4.69) is 52.7 Å². The molecule has 2 aromatic heterocycles. The number of nitrogens with zero attached hydrogens (tertiary/aromatic N) is 2. The highest BCUT2D eigenvalue weighted by atomic mass is 35.5. The van der Waals surface area contributed by atoms with Gasteiger partial charge in [0.2, 0.25) is 5.28 Å². The van der Waals surface area contributed by atoms with Crippen molar-refractivity contribution in [1.82, 2.24) is 9.97 Å². The molecule has 0 radical (unpaired) electrons. The Kier molecular flexibility index (Phi) is 3.36. The third kappa shape index (κ3) is 2.15. The first-order valence-corrected chi connectivity index (χ1v) is 7.56. The standard InChI is InChI=1S/C15H14ClN3S/c1-8-4-5-10(6-9(8)2)11-7-20-14-12(11)13(17-3)18-15(16)19-14/h4-7H,1-3H3,(H,17,18,19). The third-order valence-electron chi connectivity index (χ3n) is 3.46. The average Bonchev–Trinajstić information content (AvgIpc) is 2.84. The Labute approximate surface area is 126 Å². The zero-order chi connectivity index (χ0) is 14.3. The number of rotatable bonds is 2. The number of benzene rings is 1. The number of halogens is 1. The van der Waals surface area contributed by atoms with Crippen molar-refractivity contribution in [3.63, 3.8) is 0 Å². The molecule has 2 heterocycles. The van der Waals surface area contributed by atoms with Crippen LogP contribution in [0.15, 0.2) is 23.6 Å². The van der Waals surface area contributed by atoms with Gasteiger partial charge in [0.15, 0.2) is 0 Å². The van der Waals surface area contributed by atoms with E-state index in [0.29, 0.717) is 0 Å². The van der Waals surface area contributed by atoms with Crippen LogP contribution in [0.4, 0.5) is 5.82 Å². The molecule has 3 nitrogen and oxygen atoms in total. The van der Waals surface area contributed by atoms with Gasteiger partial charge in [0, 0.05) is 18.0 Å². The molecule has 0 spiro atoms. The number of aryl methyl sites for hydroxylation is 2. The highest BCUT2D eigenvalue weighted by Gasteiger charge is 2.14. The smallest absolute Gasteiger partial charge is 0.225 e. The molecule has 0 bridgehead atoms. The second kappa shape index (κ2) is 5.04. The number of hydrogen-bond donors (Lipinski definition) is 1. The first kappa shape index (κ1) is 13.3. The van der Waals surface area contributed by atoms with Crippen LogP contribution in [0.3, 0.4) is 0 Å². The quantitative estimate of drug-likeness (QED) is 0.699. The lowest BCUT2D eigenvalue weighted by Gasteiger charge is -2.07. The van der Waals surface area contributed by atoms with Crippen LogP contribution >= 0.6 is 22.9 Å². The molecule has 0 unspecified atom stereocenters. The monoisotopic (exact) mass is 303 g/mol. The van der Waals surface area contributed by atoms with Gasteiger partial charge < -0.3 is 5.32 Å². The van der Waals surface area contributed by atoms with Crippen molar-refractivity contribution in [2.75, 3.05) is 12.4 Å². The fourth-order valence-corrected chi connectivity index (χ4v) is 3.38. The second-order valence-electron chi connectivity index (χ2n) is 4.72. The highest BCUT2D eigenvalue weighted by Crippen LogP contribution is 2.37. The van der Waals surface area contributed by atoms with Crippen LogP contribution in [0.1, 0.15) is 11.1 Å². The molecule has 3 aromatic rings. The summed E-state index contributed by atoms with van der Waals surface area (Å²) in [5.41, 5.74) is 4.90. The van der Waals surface area contributed by atoms with Crippen molar-refractivity contribution in [2.24, 2.45) is 0 Å². The summed E-state index contributed by atoms with van der Waals surface area (Å²) in [7, 11) is 1.85. The lowest BCUT2D eigenvalue weighted by Crippen LogP contribution is -1.95. The van der Waals surface area contributed by atoms with Crippen LogP contribution in [0.25, 0.3) is 21.3 Å². The molecule has 0 saturated carbocycles. The van der Waals surface area contributed by atoms with Crippen molar-refractivity contribution < 1.29 is 0 Å². The summed E-state index contributed by atoms with van der Waals surface area (Å²) in [6, 6.07) is 6.48. The van der Waals surface area contributed by atoms with Crippen LogP contribution in [0.5, 0.6) is 0 Å². The molecule has 0 amide bonds. The van der Waals surface area contributed by atoms with Gasteiger partial charge in [-0.05, 0) is 42.1 Å². The number of fused-ring (bicyclic) bond motifs is 1. The van der Waals surface area contributed by atoms with Crippen LogP contribution < -0.4 is 5.32 Å². The summed E-state index contributed by atoms with van der Waals surface area (Å²) in [6.45, 7) is 4.24. The average molecular weight is 304 g/mol. The number of thiophene rings is 1. The van der Waals surface area contributed by atoms with E-state index in [1.807, 2.05) is 7.05 Å². The van der Waals surface area contributed by atoms with Gasteiger partial charge in [0.05, 0.1) is 5.39 Å². The SMILES string of the molecule is CNc1nc(Cl)nc2scc(-c3ccc(C)c(C)c3)c12. The molecule has 3 rings (SSSR count). The molecule has 0 saturated heterocycles. The van der Waals surface area contributed by atoms with Gasteiger partial charge in [-0.15, -0.1) is 11.3 Å². The molecule has 0 fully saturated rings. The Morgan fingerprint density at radius 3 is 2.65 bits per heavy atom. The van der Waals surface area contributed by atoms with Gasteiger partial charge in [-0.1, -0.05) is 18.2 Å². The molecule has 102 valence electrons. The Balaban J connectivity index is 2.28. The predicted octanol–water partition coefficient (Wildman–Crippen LogP) is 4.67. The van der Waals surface area contributed by atoms with Gasteiger partial charge in [-0.3, -0.25) is 0 Å². The number of hydrogen-bond acceptors (Lipinski definition) is 4. The van der Waals surface area contributed by atoms with Crippen molar-refractivity contribution in [1.29, 1.82) is 0 Å². The lowest BCUT2D eigenvalue weighted by atomic mass is 10.0. The van der Waals surface area contributed by atoms with Crippen LogP contribution in [0, 0.1) is 13.8 Å². The largest absolute Gasteiger partial charge is 0.372 e. The van der Waals surface area contributed by atoms with E-state index in [4.69, 9.17) is 11.6 Å². The summed E-state index contributed by atoms with van der Waals surface area (Å²) < 4.78 is 0. The Bertz CT molecular complexity index is 795. The molecular formula is C15H14ClN3S. The highest BCUT2D eigenvalue weighted by molar-refractivity contribution is 7.17. The molecule has 0 aliphatic carbocycles. The molecule has 1 N–H and O–H groups in total. The summed E-state index contributed by atoms with van der Waals surface area (Å²) in [4.78, 5) is 9.48. The van der Waals surface area contributed by atoms with Gasteiger partial charge >= 0.3 is 0 Å². The Hall–Kier alpha value is -1.65. The first-order chi connectivity index (χ1) is 9.60. The Morgan fingerprint density at radius 1 is 1.15 bits per heavy atom. The lowest BCUT2D eigenvalue weighted by molar-refractivity contribution is 1.22. The summed E-state index contributed by atoms with van der Waals surface area (Å²) in [5.74, 6) is 0.773. The summed E-state index contributed by atoms with van der Waals surface area (Å²) in [6.07, 6.45) is 0. The minimum absolute atomic E-state index is 0.273. The van der Waals surface area contributed by atoms with Crippen LogP contribution in [0.2, 0.25) is 5.28 Å². The first-order valence-electron chi connectivity index (χ1n) is 6.30. The minimum Gasteiger partial charge on any atom is -0.372 e. The van der Waals surface area contributed by atoms with Gasteiger partial charge in [0.25, 0.3) is 0 Å². The van der Waals surface area contributed by atoms with E-state index >= 15 is 0 Å². The zero-order valence-corrected chi connectivity index (χ0v) is 13.1. The molecule has 1 aromatic carbocycles. The molecule has 0 aliphatic rings. The predicted molar refractivity (Wildman–Crippen MR) is 86.9 cm³/mol. The van der Waals surface area contributed by atoms with Crippen LogP contribution in [-0.2, 0) is 0 Å². The van der Waals surface area contributed by atoms with Crippen molar-refractivity contribution >= 4 is 39.0 Å². The van der Waals surface area contributed by atoms with Gasteiger partial charge in [0.1, 0.15) is 10.6 Å². The fourth-order valence-electron chi connectivity index (χ4n) is 2.22. The molecule has 20 heavy (non-hydrogen) atoms. The number of anilines is 1. The fraction of sp³-hybridized carbons (Fsp3) is 0.200. The van der Waals surface area contributed by atoms with Gasteiger partial charge in [-0.25, -0.2) is 9.97 Å². The molecule has 5 heteroatoms. The van der Waals surface area contributed by atoms with Crippen LogP contribution in [-0.4, -0.2) is 17.0 Å². The van der Waals surface area contributed by atoms with E-state index in [9.17, 15) is 0 Å². The maximum absolute atomic E-state index is 5.95. The topological polar surface area (TPSA) is 37.8 Å². The van der Waals surface area contributed by atoms with E-state index < -0.39 is 0 Å². The molecular weight excluding hydrogens is 290 g/mol. The second-order valence-corrected chi connectivity index (χ2v) is 5.92. The summed E-state index contributed by atoms with van der Waals surface area (Å²) >= 11 is 7.54.